The maximum atomic E-state index is 6.58. The molecule has 2 atom stereocenters. The first kappa shape index (κ1) is 15.0. The monoisotopic (exact) mass is 386 g/mol. The normalized spacial score (nSPS) is 15.1. The molecule has 0 fully saturated rings. The van der Waals surface area contributed by atoms with Gasteiger partial charge in [-0.3, -0.25) is 0 Å². The fraction of sp³-hybridized carbons (Fsp3) is 0.667. The van der Waals surface area contributed by atoms with Crippen molar-refractivity contribution in [1.82, 2.24) is 0 Å². The van der Waals surface area contributed by atoms with Gasteiger partial charge in [0.1, 0.15) is 0 Å². The van der Waals surface area contributed by atoms with E-state index in [0.29, 0.717) is 5.92 Å². The van der Waals surface area contributed by atoms with Crippen LogP contribution in [-0.4, -0.2) is 0 Å². The van der Waals surface area contributed by atoms with Crippen molar-refractivity contribution in [3.05, 3.63) is 19.2 Å². The van der Waals surface area contributed by atoms with Crippen LogP contribution in [0.4, 0.5) is 0 Å². The van der Waals surface area contributed by atoms with Crippen LogP contribution in [0, 0.1) is 5.92 Å². The summed E-state index contributed by atoms with van der Waals surface area (Å²) >= 11 is 15.4. The van der Waals surface area contributed by atoms with E-state index in [9.17, 15) is 0 Å². The first-order valence-electron chi connectivity index (χ1n) is 5.68. The third-order valence-corrected chi connectivity index (χ3v) is 5.82. The highest BCUT2D eigenvalue weighted by molar-refractivity contribution is 9.12. The number of hydrogen-bond donors (Lipinski definition) is 0. The Labute approximate surface area is 124 Å². The van der Waals surface area contributed by atoms with Crippen LogP contribution in [0.15, 0.2) is 13.6 Å². The minimum absolute atomic E-state index is 0.133. The lowest BCUT2D eigenvalue weighted by Gasteiger charge is -2.20. The van der Waals surface area contributed by atoms with E-state index in [2.05, 4.69) is 51.8 Å². The van der Waals surface area contributed by atoms with Crippen molar-refractivity contribution in [1.29, 1.82) is 0 Å². The van der Waals surface area contributed by atoms with Crippen LogP contribution in [0.5, 0.6) is 0 Å². The Morgan fingerprint density at radius 1 is 1.38 bits per heavy atom. The molecule has 92 valence electrons. The van der Waals surface area contributed by atoms with E-state index < -0.39 is 0 Å². The molecule has 0 nitrogen and oxygen atoms in total. The summed E-state index contributed by atoms with van der Waals surface area (Å²) in [7, 11) is 0. The Morgan fingerprint density at radius 2 is 2.06 bits per heavy atom. The molecule has 0 spiro atoms. The average molecular weight is 389 g/mol. The van der Waals surface area contributed by atoms with Crippen LogP contribution in [0.3, 0.4) is 0 Å². The molecule has 16 heavy (non-hydrogen) atoms. The van der Waals surface area contributed by atoms with E-state index in [-0.39, 0.29) is 5.38 Å². The molecule has 1 heterocycles. The first-order chi connectivity index (χ1) is 7.60. The van der Waals surface area contributed by atoms with Crippen LogP contribution in [0.2, 0.25) is 0 Å². The topological polar surface area (TPSA) is 0 Å². The molecule has 1 aromatic heterocycles. The lowest BCUT2D eigenvalue weighted by Crippen LogP contribution is -2.06. The first-order valence-corrected chi connectivity index (χ1v) is 8.52. The standard InChI is InChI=1S/C12H17Br2ClS/c1-3-5-6-8(4-2)11(15)9-7-10(13)16-12(9)14/h7-8,11H,3-6H2,1-2H3. The number of rotatable bonds is 6. The van der Waals surface area contributed by atoms with Crippen LogP contribution in [-0.2, 0) is 0 Å². The largest absolute Gasteiger partial charge is 0.121 e. The fourth-order valence-electron chi connectivity index (χ4n) is 1.82. The Hall–Kier alpha value is 0.950. The summed E-state index contributed by atoms with van der Waals surface area (Å²) in [6.07, 6.45) is 4.88. The van der Waals surface area contributed by atoms with Gasteiger partial charge in [-0.05, 0) is 55.8 Å². The molecule has 0 aliphatic heterocycles. The van der Waals surface area contributed by atoms with Gasteiger partial charge in [0, 0.05) is 0 Å². The van der Waals surface area contributed by atoms with E-state index in [1.54, 1.807) is 11.3 Å². The molecule has 0 aliphatic carbocycles. The molecule has 0 saturated carbocycles. The predicted molar refractivity (Wildman–Crippen MR) is 81.6 cm³/mol. The molecule has 1 rings (SSSR count). The lowest BCUT2D eigenvalue weighted by molar-refractivity contribution is 0.437. The molecule has 2 unspecified atom stereocenters. The predicted octanol–water partition coefficient (Wildman–Crippen LogP) is 6.77. The van der Waals surface area contributed by atoms with Crippen molar-refractivity contribution >= 4 is 54.8 Å². The molecule has 1 aromatic rings. The minimum atomic E-state index is 0.133. The zero-order valence-electron chi connectivity index (χ0n) is 9.60. The molecular formula is C12H17Br2ClS. The van der Waals surface area contributed by atoms with Gasteiger partial charge in [-0.15, -0.1) is 22.9 Å². The summed E-state index contributed by atoms with van der Waals surface area (Å²) in [5, 5.41) is 0.133. The smallest absolute Gasteiger partial charge is 0.0757 e. The molecule has 0 bridgehead atoms. The zero-order valence-corrected chi connectivity index (χ0v) is 14.3. The molecule has 4 heteroatoms. The molecular weight excluding hydrogens is 371 g/mol. The van der Waals surface area contributed by atoms with Gasteiger partial charge in [0.2, 0.25) is 0 Å². The number of hydrogen-bond acceptors (Lipinski definition) is 1. The second-order valence-corrected chi connectivity index (χ2v) is 8.21. The Bertz CT molecular complexity index is 325. The van der Waals surface area contributed by atoms with E-state index in [1.165, 1.54) is 24.8 Å². The van der Waals surface area contributed by atoms with Gasteiger partial charge >= 0.3 is 0 Å². The van der Waals surface area contributed by atoms with E-state index in [1.807, 2.05) is 0 Å². The Morgan fingerprint density at radius 3 is 2.50 bits per heavy atom. The van der Waals surface area contributed by atoms with Crippen molar-refractivity contribution in [2.24, 2.45) is 5.92 Å². The Balaban J connectivity index is 2.74. The molecule has 0 radical (unpaired) electrons. The van der Waals surface area contributed by atoms with Crippen LogP contribution in [0.1, 0.15) is 50.5 Å². The summed E-state index contributed by atoms with van der Waals surface area (Å²) < 4.78 is 2.31. The number of halogens is 3. The Kier molecular flexibility index (Phi) is 6.94. The SMILES string of the molecule is CCCCC(CC)C(Cl)c1cc(Br)sc1Br. The number of alkyl halides is 1. The molecule has 0 N–H and O–H groups in total. The maximum Gasteiger partial charge on any atom is 0.0757 e. The van der Waals surface area contributed by atoms with Crippen molar-refractivity contribution in [2.45, 2.75) is 44.9 Å². The third-order valence-electron chi connectivity index (χ3n) is 2.85. The highest BCUT2D eigenvalue weighted by atomic mass is 79.9. The zero-order chi connectivity index (χ0) is 12.1. The molecule has 0 amide bonds. The van der Waals surface area contributed by atoms with Gasteiger partial charge in [-0.25, -0.2) is 0 Å². The van der Waals surface area contributed by atoms with E-state index >= 15 is 0 Å². The molecule has 0 aliphatic rings. The van der Waals surface area contributed by atoms with Crippen molar-refractivity contribution in [3.63, 3.8) is 0 Å². The van der Waals surface area contributed by atoms with Gasteiger partial charge in [-0.1, -0.05) is 33.1 Å². The van der Waals surface area contributed by atoms with Crippen molar-refractivity contribution < 1.29 is 0 Å². The quantitative estimate of drug-likeness (QED) is 0.472. The van der Waals surface area contributed by atoms with Gasteiger partial charge in [0.05, 0.1) is 12.9 Å². The van der Waals surface area contributed by atoms with Gasteiger partial charge in [0.25, 0.3) is 0 Å². The maximum absolute atomic E-state index is 6.58. The molecule has 0 saturated heterocycles. The van der Waals surface area contributed by atoms with Crippen molar-refractivity contribution in [2.75, 3.05) is 0 Å². The van der Waals surface area contributed by atoms with E-state index in [4.69, 9.17) is 11.6 Å². The van der Waals surface area contributed by atoms with Gasteiger partial charge in [0.15, 0.2) is 0 Å². The summed E-state index contributed by atoms with van der Waals surface area (Å²) in [4.78, 5) is 0. The minimum Gasteiger partial charge on any atom is -0.121 e. The highest BCUT2D eigenvalue weighted by Crippen LogP contribution is 2.43. The summed E-state index contributed by atoms with van der Waals surface area (Å²) in [6.45, 7) is 4.46. The fourth-order valence-corrected chi connectivity index (χ4v) is 5.42. The van der Waals surface area contributed by atoms with E-state index in [0.717, 1.165) is 14.0 Å². The summed E-state index contributed by atoms with van der Waals surface area (Å²) in [5.74, 6) is 0.583. The number of thiophene rings is 1. The van der Waals surface area contributed by atoms with Crippen LogP contribution < -0.4 is 0 Å². The summed E-state index contributed by atoms with van der Waals surface area (Å²) in [6, 6.07) is 2.14. The van der Waals surface area contributed by atoms with Gasteiger partial charge < -0.3 is 0 Å². The van der Waals surface area contributed by atoms with Crippen LogP contribution >= 0.6 is 54.8 Å². The molecule has 0 aromatic carbocycles. The lowest BCUT2D eigenvalue weighted by atomic mass is 9.92. The average Bonchev–Trinajstić information content (AvgIpc) is 2.58. The van der Waals surface area contributed by atoms with Gasteiger partial charge in [-0.2, -0.15) is 0 Å². The van der Waals surface area contributed by atoms with Crippen molar-refractivity contribution in [3.8, 4) is 0 Å². The third kappa shape index (κ3) is 4.01. The highest BCUT2D eigenvalue weighted by Gasteiger charge is 2.22. The van der Waals surface area contributed by atoms with Crippen LogP contribution in [0.25, 0.3) is 0 Å². The second-order valence-electron chi connectivity index (χ2n) is 3.99. The second kappa shape index (κ2) is 7.40. The summed E-state index contributed by atoms with van der Waals surface area (Å²) in [5.41, 5.74) is 1.24. The number of unbranched alkanes of at least 4 members (excludes halogenated alkanes) is 1.